The second-order valence-electron chi connectivity index (χ2n) is 17.2. The maximum Gasteiger partial charge on any atom is 3.00 e. The number of hydrogen-bond donors (Lipinski definition) is 0. The van der Waals surface area contributed by atoms with E-state index >= 15 is 0 Å². The van der Waals surface area contributed by atoms with Crippen LogP contribution in [0.15, 0.2) is 120 Å². The van der Waals surface area contributed by atoms with E-state index in [4.69, 9.17) is 12.5 Å². The first kappa shape index (κ1) is 38.4. The van der Waals surface area contributed by atoms with Gasteiger partial charge in [-0.1, -0.05) is 140 Å². The molecule has 8 rings (SSSR count). The second kappa shape index (κ2) is 16.5. The van der Waals surface area contributed by atoms with Crippen LogP contribution in [0, 0.1) is 17.5 Å². The summed E-state index contributed by atoms with van der Waals surface area (Å²) in [5.74, 6) is 0.790. The van der Waals surface area contributed by atoms with Crippen molar-refractivity contribution >= 4 is 52.3 Å². The molecule has 0 saturated carbocycles. The van der Waals surface area contributed by atoms with E-state index in [1.165, 1.54) is 16.8 Å². The van der Waals surface area contributed by atoms with Gasteiger partial charge in [-0.05, 0) is 63.9 Å². The quantitative estimate of drug-likeness (QED) is 0.118. The standard InChI is InChI=1S/C31H28N2O.C19H26NSi.Ir/c1-19(2)22-11-9-12-23(20(3)4)30(22)33-27-14-7-6-13-26(27)32-31(33)21-16-17-29-25(18-21)24-10-5-8-15-28(24)34-29;1-19(2,3)13-16-12-17(15-10-8-7-9-11-15)20-14-18(16)21(4,5)6;/h5-15,17-20,31H,1-4H3;7-10,12,14H,13H2,1-6H3;/q-2;-1;+3/i;13D2;. The number of hydrogen-bond acceptors (Lipinski definition) is 3. The van der Waals surface area contributed by atoms with E-state index < -0.39 is 19.9 Å². The van der Waals surface area contributed by atoms with Gasteiger partial charge in [-0.25, -0.2) is 0 Å². The van der Waals surface area contributed by atoms with Crippen LogP contribution in [0.25, 0.3) is 38.5 Å². The molecule has 7 aromatic rings. The van der Waals surface area contributed by atoms with Crippen molar-refractivity contribution in [2.45, 2.75) is 92.5 Å². The minimum absolute atomic E-state index is 0. The molecule has 3 heterocycles. The first-order valence-electron chi connectivity index (χ1n) is 20.5. The molecule has 0 fully saturated rings. The monoisotopic (exact) mass is 935 g/mol. The van der Waals surface area contributed by atoms with Gasteiger partial charge in [-0.3, -0.25) is 0 Å². The Hall–Kier alpha value is -4.48. The molecule has 0 bridgehead atoms. The number of aromatic nitrogens is 1. The summed E-state index contributed by atoms with van der Waals surface area (Å²) in [6.45, 7) is 21.7. The first-order chi connectivity index (χ1) is 27.0. The fourth-order valence-corrected chi connectivity index (χ4v) is 8.83. The van der Waals surface area contributed by atoms with Crippen molar-refractivity contribution in [3.63, 3.8) is 0 Å². The Bertz CT molecular complexity index is 2510. The third kappa shape index (κ3) is 8.59. The molecule has 0 N–H and O–H groups in total. The molecule has 5 aromatic carbocycles. The van der Waals surface area contributed by atoms with Crippen molar-refractivity contribution < 1.29 is 27.3 Å². The average Bonchev–Trinajstić information content (AvgIpc) is 3.75. The maximum atomic E-state index is 8.75. The van der Waals surface area contributed by atoms with Gasteiger partial charge in [0, 0.05) is 31.3 Å². The van der Waals surface area contributed by atoms with E-state index in [1.807, 2.05) is 75.5 Å². The maximum absolute atomic E-state index is 8.75. The largest absolute Gasteiger partial charge is 3.00 e. The zero-order chi connectivity index (χ0) is 40.9. The van der Waals surface area contributed by atoms with Gasteiger partial charge in [0.05, 0.1) is 8.07 Å². The van der Waals surface area contributed by atoms with E-state index in [2.05, 4.69) is 130 Å². The van der Waals surface area contributed by atoms with E-state index in [1.54, 1.807) is 0 Å². The SMILES string of the molecule is CC(C)c1cccc(C(C)C)c1N1c2ccccc2[N-]C1c1[c-]cc2oc3ccccc3c2c1.[2H]C([2H])(c1cc(-c2[c-]cccc2)ncc1[Si](C)(C)C)C(C)(C)C.[Ir+3]. The van der Waals surface area contributed by atoms with Crippen molar-refractivity contribution in [1.82, 2.24) is 4.98 Å². The third-order valence-corrected chi connectivity index (χ3v) is 12.1. The van der Waals surface area contributed by atoms with Gasteiger partial charge in [0.25, 0.3) is 0 Å². The predicted octanol–water partition coefficient (Wildman–Crippen LogP) is 14.2. The number of rotatable bonds is 7. The molecule has 288 valence electrons. The summed E-state index contributed by atoms with van der Waals surface area (Å²) in [6.07, 6.45) is 0.281. The minimum atomic E-state index is -1.70. The summed E-state index contributed by atoms with van der Waals surface area (Å²) >= 11 is 0. The van der Waals surface area contributed by atoms with Crippen LogP contribution in [0.2, 0.25) is 19.6 Å². The Morgan fingerprint density at radius 1 is 0.821 bits per heavy atom. The fraction of sp³-hybridized carbons (Fsp3) is 0.300. The van der Waals surface area contributed by atoms with Gasteiger partial charge in [-0.15, -0.1) is 47.6 Å². The molecule has 2 aromatic heterocycles. The molecular formula is C50H54IrN3OSi. The van der Waals surface area contributed by atoms with Crippen LogP contribution in [0.3, 0.4) is 0 Å². The van der Waals surface area contributed by atoms with Crippen LogP contribution in [-0.4, -0.2) is 13.1 Å². The topological polar surface area (TPSA) is 43.4 Å². The molecule has 1 unspecified atom stereocenters. The van der Waals surface area contributed by atoms with Gasteiger partial charge in [0.2, 0.25) is 0 Å². The Labute approximate surface area is 351 Å². The van der Waals surface area contributed by atoms with E-state index in [0.717, 1.165) is 60.9 Å². The minimum Gasteiger partial charge on any atom is -0.661 e. The molecular weight excluding hydrogens is 879 g/mol. The number of fused-ring (bicyclic) bond motifs is 4. The molecule has 56 heavy (non-hydrogen) atoms. The van der Waals surface area contributed by atoms with Crippen molar-refractivity contribution in [1.29, 1.82) is 0 Å². The molecule has 0 aliphatic carbocycles. The number of nitrogens with zero attached hydrogens (tertiary/aromatic N) is 3. The van der Waals surface area contributed by atoms with Crippen molar-refractivity contribution in [2.75, 3.05) is 4.90 Å². The Morgan fingerprint density at radius 3 is 2.16 bits per heavy atom. The molecule has 0 spiro atoms. The van der Waals surface area contributed by atoms with Gasteiger partial charge >= 0.3 is 20.1 Å². The molecule has 1 atom stereocenters. The summed E-state index contributed by atoms with van der Waals surface area (Å²) in [5.41, 5.74) is 10.9. The summed E-state index contributed by atoms with van der Waals surface area (Å²) in [4.78, 5) is 7.04. The van der Waals surface area contributed by atoms with Gasteiger partial charge in [-0.2, -0.15) is 17.7 Å². The summed E-state index contributed by atoms with van der Waals surface area (Å²) < 4.78 is 23.6. The van der Waals surface area contributed by atoms with Crippen LogP contribution in [0.1, 0.15) is 91.5 Å². The van der Waals surface area contributed by atoms with Crippen LogP contribution < -0.4 is 10.1 Å². The Balaban J connectivity index is 0.000000208. The molecule has 6 heteroatoms. The molecule has 1 aliphatic heterocycles. The number of para-hydroxylation sites is 4. The second-order valence-corrected chi connectivity index (χ2v) is 22.3. The van der Waals surface area contributed by atoms with E-state index in [9.17, 15) is 0 Å². The number of benzene rings is 5. The average molecular weight is 935 g/mol. The normalized spacial score (nSPS) is 14.9. The Morgan fingerprint density at radius 2 is 1.50 bits per heavy atom. The van der Waals surface area contributed by atoms with Crippen LogP contribution in [-0.2, 0) is 26.5 Å². The van der Waals surface area contributed by atoms with Crippen molar-refractivity contribution in [3.8, 4) is 11.3 Å². The van der Waals surface area contributed by atoms with E-state index in [-0.39, 0.29) is 26.3 Å². The van der Waals surface area contributed by atoms with Crippen LogP contribution >= 0.6 is 0 Å². The van der Waals surface area contributed by atoms with Crippen LogP contribution in [0.4, 0.5) is 17.1 Å². The number of furan rings is 1. The first-order valence-corrected chi connectivity index (χ1v) is 23.0. The molecule has 0 radical (unpaired) electrons. The van der Waals surface area contributed by atoms with Gasteiger partial charge in [0.1, 0.15) is 5.58 Å². The Kier molecular flexibility index (Phi) is 11.3. The summed E-state index contributed by atoms with van der Waals surface area (Å²) in [7, 11) is -1.70. The van der Waals surface area contributed by atoms with Gasteiger partial charge in [0.15, 0.2) is 0 Å². The number of anilines is 2. The zero-order valence-corrected chi connectivity index (χ0v) is 37.7. The fourth-order valence-electron chi connectivity index (χ4n) is 7.44. The summed E-state index contributed by atoms with van der Waals surface area (Å²) in [5, 5.41) is 8.54. The molecule has 4 nitrogen and oxygen atoms in total. The molecule has 0 amide bonds. The van der Waals surface area contributed by atoms with Crippen molar-refractivity contribution in [2.24, 2.45) is 5.41 Å². The van der Waals surface area contributed by atoms with Crippen LogP contribution in [0.5, 0.6) is 0 Å². The molecule has 1 aliphatic rings. The third-order valence-electron chi connectivity index (χ3n) is 10.0. The number of pyridine rings is 1. The molecule has 0 saturated heterocycles. The predicted molar refractivity (Wildman–Crippen MR) is 236 cm³/mol. The van der Waals surface area contributed by atoms with E-state index in [0.29, 0.717) is 11.8 Å². The van der Waals surface area contributed by atoms with Crippen molar-refractivity contribution in [3.05, 3.63) is 155 Å². The smallest absolute Gasteiger partial charge is 0.661 e. The zero-order valence-electron chi connectivity index (χ0n) is 36.3. The summed E-state index contributed by atoms with van der Waals surface area (Å²) in [6, 6.07) is 43.9. The van der Waals surface area contributed by atoms with Gasteiger partial charge < -0.3 is 19.6 Å².